The Morgan fingerprint density at radius 3 is 2.46 bits per heavy atom. The van der Waals surface area contributed by atoms with E-state index >= 15 is 0 Å². The number of aromatic nitrogens is 1. The van der Waals surface area contributed by atoms with Gasteiger partial charge >= 0.3 is 5.97 Å². The fraction of sp³-hybridized carbons (Fsp3) is 0.167. The Hall–Kier alpha value is -2.84. The molecule has 0 fully saturated rings. The second-order valence-corrected chi connectivity index (χ2v) is 7.23. The monoisotopic (exact) mass is 374 g/mol. The van der Waals surface area contributed by atoms with Gasteiger partial charge in [-0.05, 0) is 37.3 Å². The Morgan fingerprint density at radius 2 is 1.77 bits per heavy atom. The van der Waals surface area contributed by atoms with Crippen LogP contribution in [-0.4, -0.2) is 32.6 Å². The van der Waals surface area contributed by atoms with Gasteiger partial charge in [0.15, 0.2) is 0 Å². The number of carbonyl (C=O) groups is 1. The van der Waals surface area contributed by atoms with Gasteiger partial charge < -0.3 is 14.5 Å². The number of sulfonamides is 1. The van der Waals surface area contributed by atoms with Crippen molar-refractivity contribution in [2.45, 2.75) is 11.8 Å². The van der Waals surface area contributed by atoms with E-state index in [1.807, 2.05) is 31.2 Å². The van der Waals surface area contributed by atoms with Crippen molar-refractivity contribution in [3.63, 3.8) is 0 Å². The number of H-pyrrole nitrogens is 1. The van der Waals surface area contributed by atoms with Crippen LogP contribution in [0.4, 0.5) is 0 Å². The maximum Gasteiger partial charge on any atom is 0.340 e. The van der Waals surface area contributed by atoms with E-state index in [0.29, 0.717) is 11.3 Å². The summed E-state index contributed by atoms with van der Waals surface area (Å²) in [5, 5.41) is 5.85. The molecule has 7 nitrogen and oxygen atoms in total. The van der Waals surface area contributed by atoms with Crippen LogP contribution in [0.25, 0.3) is 10.9 Å². The molecule has 0 amide bonds. The number of ether oxygens (including phenoxy) is 2. The number of aromatic amines is 1. The molecule has 3 N–H and O–H groups in total. The number of hydrogen-bond donors (Lipinski definition) is 2. The number of hydrogen-bond acceptors (Lipinski definition) is 5. The van der Waals surface area contributed by atoms with E-state index in [2.05, 4.69) is 4.98 Å². The lowest BCUT2D eigenvalue weighted by molar-refractivity contribution is 0.0452. The summed E-state index contributed by atoms with van der Waals surface area (Å²) < 4.78 is 33.1. The van der Waals surface area contributed by atoms with Crippen LogP contribution in [0.1, 0.15) is 16.1 Å². The molecular weight excluding hydrogens is 356 g/mol. The number of primary sulfonamides is 1. The predicted molar refractivity (Wildman–Crippen MR) is 96.6 cm³/mol. The van der Waals surface area contributed by atoms with Crippen LogP contribution in [-0.2, 0) is 14.8 Å². The summed E-state index contributed by atoms with van der Waals surface area (Å²) in [6.45, 7) is 2.02. The molecule has 0 saturated carbocycles. The zero-order chi connectivity index (χ0) is 18.7. The largest absolute Gasteiger partial charge is 0.490 e. The molecule has 0 unspecified atom stereocenters. The Morgan fingerprint density at radius 1 is 1.08 bits per heavy atom. The number of fused-ring (bicyclic) bond motifs is 1. The maximum absolute atomic E-state index is 12.3. The Kier molecular flexibility index (Phi) is 4.97. The maximum atomic E-state index is 12.3. The summed E-state index contributed by atoms with van der Waals surface area (Å²) in [5.74, 6) is 0.0323. The van der Waals surface area contributed by atoms with Crippen molar-refractivity contribution in [2.24, 2.45) is 5.14 Å². The molecule has 136 valence electrons. The number of nitrogens with two attached hydrogens (primary N) is 1. The molecule has 3 aromatic rings. The molecule has 0 atom stereocenters. The van der Waals surface area contributed by atoms with Crippen LogP contribution in [0.15, 0.2) is 53.4 Å². The molecule has 0 saturated heterocycles. The minimum Gasteiger partial charge on any atom is -0.490 e. The Bertz CT molecular complexity index is 1040. The van der Waals surface area contributed by atoms with Gasteiger partial charge in [0.25, 0.3) is 0 Å². The van der Waals surface area contributed by atoms with Crippen LogP contribution in [0.3, 0.4) is 0 Å². The van der Waals surface area contributed by atoms with Crippen molar-refractivity contribution < 1.29 is 22.7 Å². The van der Waals surface area contributed by atoms with Crippen LogP contribution < -0.4 is 9.88 Å². The lowest BCUT2D eigenvalue weighted by atomic mass is 10.1. The molecule has 2 aromatic carbocycles. The van der Waals surface area contributed by atoms with Gasteiger partial charge in [-0.25, -0.2) is 18.4 Å². The molecule has 8 heteroatoms. The molecule has 26 heavy (non-hydrogen) atoms. The number of rotatable bonds is 6. The summed E-state index contributed by atoms with van der Waals surface area (Å²) in [6, 6.07) is 13.2. The van der Waals surface area contributed by atoms with Crippen LogP contribution >= 0.6 is 0 Å². The molecule has 0 aliphatic carbocycles. The van der Waals surface area contributed by atoms with Crippen molar-refractivity contribution in [1.82, 2.24) is 4.98 Å². The third-order valence-corrected chi connectivity index (χ3v) is 4.76. The number of carbonyl (C=O) groups excluding carboxylic acids is 1. The number of nitrogens with one attached hydrogen (secondary N) is 1. The van der Waals surface area contributed by atoms with Crippen molar-refractivity contribution in [2.75, 3.05) is 13.2 Å². The van der Waals surface area contributed by atoms with Crippen molar-refractivity contribution in [1.29, 1.82) is 0 Å². The third kappa shape index (κ3) is 3.87. The number of aryl methyl sites for hydroxylation is 1. The third-order valence-electron chi connectivity index (χ3n) is 3.84. The van der Waals surface area contributed by atoms with Gasteiger partial charge in [-0.3, -0.25) is 0 Å². The van der Waals surface area contributed by atoms with Gasteiger partial charge in [0.05, 0.1) is 10.5 Å². The average Bonchev–Trinajstić information content (AvgIpc) is 2.94. The zero-order valence-corrected chi connectivity index (χ0v) is 14.9. The summed E-state index contributed by atoms with van der Waals surface area (Å²) in [5.41, 5.74) is 2.14. The second kappa shape index (κ2) is 7.19. The van der Waals surface area contributed by atoms with E-state index in [0.717, 1.165) is 16.6 Å². The summed E-state index contributed by atoms with van der Waals surface area (Å²) in [6.07, 6.45) is 0. The van der Waals surface area contributed by atoms with E-state index in [4.69, 9.17) is 14.6 Å². The molecule has 0 aliphatic rings. The molecular formula is C18H18N2O5S. The SMILES string of the molecule is Cc1[nH]c2ccccc2c1C(=O)OCCOc1ccc(S(N)(=O)=O)cc1. The number of benzene rings is 2. The summed E-state index contributed by atoms with van der Waals surface area (Å²) in [4.78, 5) is 15.5. The zero-order valence-electron chi connectivity index (χ0n) is 14.1. The van der Waals surface area contributed by atoms with Crippen LogP contribution in [0.5, 0.6) is 5.75 Å². The first-order chi connectivity index (χ1) is 12.4. The Balaban J connectivity index is 1.56. The smallest absolute Gasteiger partial charge is 0.340 e. The molecule has 1 heterocycles. The topological polar surface area (TPSA) is 111 Å². The minimum absolute atomic E-state index is 0.00564. The van der Waals surface area contributed by atoms with E-state index in [1.54, 1.807) is 0 Å². The first kappa shape index (κ1) is 18.0. The molecule has 0 spiro atoms. The molecule has 3 rings (SSSR count). The van der Waals surface area contributed by atoms with Gasteiger partial charge in [-0.2, -0.15) is 0 Å². The van der Waals surface area contributed by atoms with Gasteiger partial charge in [0, 0.05) is 16.6 Å². The van der Waals surface area contributed by atoms with E-state index < -0.39 is 16.0 Å². The van der Waals surface area contributed by atoms with Gasteiger partial charge in [-0.1, -0.05) is 18.2 Å². The fourth-order valence-electron chi connectivity index (χ4n) is 2.63. The normalized spacial score (nSPS) is 11.5. The fourth-order valence-corrected chi connectivity index (χ4v) is 3.15. The molecule has 0 radical (unpaired) electrons. The van der Waals surface area contributed by atoms with Crippen LogP contribution in [0, 0.1) is 6.92 Å². The lowest BCUT2D eigenvalue weighted by Gasteiger charge is -2.08. The average molecular weight is 374 g/mol. The van der Waals surface area contributed by atoms with Gasteiger partial charge in [0.2, 0.25) is 10.0 Å². The van der Waals surface area contributed by atoms with Crippen LogP contribution in [0.2, 0.25) is 0 Å². The van der Waals surface area contributed by atoms with Gasteiger partial charge in [-0.15, -0.1) is 0 Å². The quantitative estimate of drug-likeness (QED) is 0.508. The second-order valence-electron chi connectivity index (χ2n) is 5.67. The molecule has 0 bridgehead atoms. The highest BCUT2D eigenvalue weighted by Crippen LogP contribution is 2.22. The highest BCUT2D eigenvalue weighted by molar-refractivity contribution is 7.89. The number of para-hydroxylation sites is 1. The first-order valence-corrected chi connectivity index (χ1v) is 9.41. The molecule has 1 aromatic heterocycles. The van der Waals surface area contributed by atoms with E-state index in [1.165, 1.54) is 24.3 Å². The summed E-state index contributed by atoms with van der Waals surface area (Å²) >= 11 is 0. The highest BCUT2D eigenvalue weighted by Gasteiger charge is 2.17. The van der Waals surface area contributed by atoms with Crippen molar-refractivity contribution >= 4 is 26.9 Å². The van der Waals surface area contributed by atoms with Crippen molar-refractivity contribution in [3.05, 3.63) is 59.8 Å². The highest BCUT2D eigenvalue weighted by atomic mass is 32.2. The van der Waals surface area contributed by atoms with E-state index in [-0.39, 0.29) is 18.1 Å². The molecule has 0 aliphatic heterocycles. The Labute approximate surface area is 150 Å². The summed E-state index contributed by atoms with van der Waals surface area (Å²) in [7, 11) is -3.73. The lowest BCUT2D eigenvalue weighted by Crippen LogP contribution is -2.13. The predicted octanol–water partition coefficient (Wildman–Crippen LogP) is 2.36. The standard InChI is InChI=1S/C18H18N2O5S/c1-12-17(15-4-2-3-5-16(15)20-12)18(21)25-11-10-24-13-6-8-14(9-7-13)26(19,22)23/h2-9,20H,10-11H2,1H3,(H2,19,22,23). The van der Waals surface area contributed by atoms with Crippen molar-refractivity contribution in [3.8, 4) is 5.75 Å². The van der Waals surface area contributed by atoms with E-state index in [9.17, 15) is 13.2 Å². The minimum atomic E-state index is -3.73. The first-order valence-electron chi connectivity index (χ1n) is 7.86. The number of esters is 1. The van der Waals surface area contributed by atoms with Gasteiger partial charge in [0.1, 0.15) is 19.0 Å².